The van der Waals surface area contributed by atoms with E-state index in [1.807, 2.05) is 19.1 Å². The van der Waals surface area contributed by atoms with Crippen molar-refractivity contribution in [3.8, 4) is 0 Å². The summed E-state index contributed by atoms with van der Waals surface area (Å²) < 4.78 is 0. The molecule has 1 fully saturated rings. The molecule has 1 aromatic carbocycles. The Balaban J connectivity index is 2.05. The third kappa shape index (κ3) is 4.23. The molecule has 0 radical (unpaired) electrons. The SMILES string of the molecule is CCC(=O)Nc1cccc(NC(C)C2CCCCC2)c1C. The number of amides is 1. The van der Waals surface area contributed by atoms with Gasteiger partial charge in [0.25, 0.3) is 0 Å². The number of rotatable bonds is 5. The second-order valence-corrected chi connectivity index (χ2v) is 6.21. The Morgan fingerprint density at radius 3 is 2.57 bits per heavy atom. The van der Waals surface area contributed by atoms with Crippen LogP contribution in [0.3, 0.4) is 0 Å². The molecular formula is C18H28N2O. The lowest BCUT2D eigenvalue weighted by atomic mass is 9.84. The normalized spacial score (nSPS) is 17.3. The molecule has 0 aromatic heterocycles. The summed E-state index contributed by atoms with van der Waals surface area (Å²) in [6.07, 6.45) is 7.29. The smallest absolute Gasteiger partial charge is 0.224 e. The van der Waals surface area contributed by atoms with Gasteiger partial charge in [0.15, 0.2) is 0 Å². The highest BCUT2D eigenvalue weighted by atomic mass is 16.1. The van der Waals surface area contributed by atoms with Gasteiger partial charge >= 0.3 is 0 Å². The van der Waals surface area contributed by atoms with Crippen molar-refractivity contribution in [3.05, 3.63) is 23.8 Å². The van der Waals surface area contributed by atoms with Crippen molar-refractivity contribution in [2.75, 3.05) is 10.6 Å². The summed E-state index contributed by atoms with van der Waals surface area (Å²) in [5.74, 6) is 0.836. The molecule has 1 unspecified atom stereocenters. The van der Waals surface area contributed by atoms with Crippen LogP contribution in [0.2, 0.25) is 0 Å². The quantitative estimate of drug-likeness (QED) is 0.822. The van der Waals surface area contributed by atoms with Crippen molar-refractivity contribution in [3.63, 3.8) is 0 Å². The molecule has 0 heterocycles. The van der Waals surface area contributed by atoms with Gasteiger partial charge in [-0.05, 0) is 50.3 Å². The molecule has 0 spiro atoms. The Hall–Kier alpha value is -1.51. The van der Waals surface area contributed by atoms with Gasteiger partial charge in [-0.25, -0.2) is 0 Å². The predicted molar refractivity (Wildman–Crippen MR) is 89.8 cm³/mol. The van der Waals surface area contributed by atoms with E-state index in [1.54, 1.807) is 0 Å². The molecule has 21 heavy (non-hydrogen) atoms. The third-order valence-corrected chi connectivity index (χ3v) is 4.67. The monoisotopic (exact) mass is 288 g/mol. The summed E-state index contributed by atoms with van der Waals surface area (Å²) in [4.78, 5) is 11.6. The van der Waals surface area contributed by atoms with Crippen molar-refractivity contribution in [2.45, 2.75) is 65.3 Å². The maximum atomic E-state index is 11.6. The van der Waals surface area contributed by atoms with Crippen LogP contribution in [-0.2, 0) is 4.79 Å². The lowest BCUT2D eigenvalue weighted by Gasteiger charge is -2.29. The molecule has 2 N–H and O–H groups in total. The van der Waals surface area contributed by atoms with Gasteiger partial charge in [-0.15, -0.1) is 0 Å². The van der Waals surface area contributed by atoms with E-state index in [0.717, 1.165) is 22.9 Å². The first-order valence-electron chi connectivity index (χ1n) is 8.27. The van der Waals surface area contributed by atoms with Crippen molar-refractivity contribution in [1.82, 2.24) is 0 Å². The van der Waals surface area contributed by atoms with Crippen molar-refractivity contribution < 1.29 is 4.79 Å². The molecule has 1 aromatic rings. The maximum Gasteiger partial charge on any atom is 0.224 e. The van der Waals surface area contributed by atoms with Crippen LogP contribution in [0.4, 0.5) is 11.4 Å². The number of benzene rings is 1. The second kappa shape index (κ2) is 7.48. The van der Waals surface area contributed by atoms with Gasteiger partial charge < -0.3 is 10.6 Å². The molecule has 1 aliphatic rings. The largest absolute Gasteiger partial charge is 0.382 e. The number of anilines is 2. The van der Waals surface area contributed by atoms with Crippen LogP contribution in [0.1, 0.15) is 57.9 Å². The van der Waals surface area contributed by atoms with Crippen molar-refractivity contribution in [1.29, 1.82) is 0 Å². The predicted octanol–water partition coefficient (Wildman–Crippen LogP) is 4.72. The summed E-state index contributed by atoms with van der Waals surface area (Å²) in [5, 5.41) is 6.63. The van der Waals surface area contributed by atoms with Gasteiger partial charge in [-0.3, -0.25) is 4.79 Å². The summed E-state index contributed by atoms with van der Waals surface area (Å²) in [5.41, 5.74) is 3.19. The standard InChI is InChI=1S/C18H28N2O/c1-4-18(21)20-17-12-8-11-16(13(17)2)19-14(3)15-9-6-5-7-10-15/h8,11-12,14-15,19H,4-7,9-10H2,1-3H3,(H,20,21). The zero-order valence-electron chi connectivity index (χ0n) is 13.5. The van der Waals surface area contributed by atoms with E-state index in [0.29, 0.717) is 12.5 Å². The van der Waals surface area contributed by atoms with Crippen LogP contribution in [0.15, 0.2) is 18.2 Å². The molecule has 116 valence electrons. The van der Waals surface area contributed by atoms with Gasteiger partial charge in [0.2, 0.25) is 5.91 Å². The topological polar surface area (TPSA) is 41.1 Å². The molecule has 1 amide bonds. The third-order valence-electron chi connectivity index (χ3n) is 4.67. The highest BCUT2D eigenvalue weighted by Crippen LogP contribution is 2.30. The van der Waals surface area contributed by atoms with E-state index in [1.165, 1.54) is 32.1 Å². The van der Waals surface area contributed by atoms with Crippen molar-refractivity contribution >= 4 is 17.3 Å². The number of carbonyl (C=O) groups is 1. The van der Waals surface area contributed by atoms with Gasteiger partial charge in [-0.1, -0.05) is 32.3 Å². The highest BCUT2D eigenvalue weighted by Gasteiger charge is 2.20. The maximum absolute atomic E-state index is 11.6. The molecule has 2 rings (SSSR count). The van der Waals surface area contributed by atoms with Crippen LogP contribution in [0, 0.1) is 12.8 Å². The van der Waals surface area contributed by atoms with Crippen LogP contribution in [0.25, 0.3) is 0 Å². The fourth-order valence-corrected chi connectivity index (χ4v) is 3.16. The molecule has 0 aliphatic heterocycles. The lowest BCUT2D eigenvalue weighted by Crippen LogP contribution is -2.28. The summed E-state index contributed by atoms with van der Waals surface area (Å²) >= 11 is 0. The number of hydrogen-bond donors (Lipinski definition) is 2. The average molecular weight is 288 g/mol. The van der Waals surface area contributed by atoms with Crippen molar-refractivity contribution in [2.24, 2.45) is 5.92 Å². The minimum absolute atomic E-state index is 0.0654. The Labute approximate surface area is 128 Å². The van der Waals surface area contributed by atoms with E-state index in [2.05, 4.69) is 30.5 Å². The van der Waals surface area contributed by atoms with E-state index in [-0.39, 0.29) is 5.91 Å². The van der Waals surface area contributed by atoms with E-state index in [9.17, 15) is 4.79 Å². The van der Waals surface area contributed by atoms with E-state index < -0.39 is 0 Å². The van der Waals surface area contributed by atoms with Gasteiger partial charge in [0.1, 0.15) is 0 Å². The zero-order valence-corrected chi connectivity index (χ0v) is 13.5. The first kappa shape index (κ1) is 15.9. The van der Waals surface area contributed by atoms with Crippen LogP contribution >= 0.6 is 0 Å². The van der Waals surface area contributed by atoms with E-state index >= 15 is 0 Å². The molecular weight excluding hydrogens is 260 g/mol. The van der Waals surface area contributed by atoms with Crippen LogP contribution in [-0.4, -0.2) is 11.9 Å². The summed E-state index contributed by atoms with van der Waals surface area (Å²) in [6, 6.07) is 6.57. The Bertz CT molecular complexity index is 478. The second-order valence-electron chi connectivity index (χ2n) is 6.21. The zero-order chi connectivity index (χ0) is 15.2. The fourth-order valence-electron chi connectivity index (χ4n) is 3.16. The molecule has 1 saturated carbocycles. The minimum Gasteiger partial charge on any atom is -0.382 e. The fraction of sp³-hybridized carbons (Fsp3) is 0.611. The summed E-state index contributed by atoms with van der Waals surface area (Å²) in [7, 11) is 0. The number of nitrogens with one attached hydrogen (secondary N) is 2. The summed E-state index contributed by atoms with van der Waals surface area (Å²) in [6.45, 7) is 6.23. The Morgan fingerprint density at radius 2 is 1.90 bits per heavy atom. The first-order chi connectivity index (χ1) is 10.1. The minimum atomic E-state index is 0.0654. The van der Waals surface area contributed by atoms with Gasteiger partial charge in [-0.2, -0.15) is 0 Å². The highest BCUT2D eigenvalue weighted by molar-refractivity contribution is 5.92. The molecule has 3 heteroatoms. The Kier molecular flexibility index (Phi) is 5.66. The first-order valence-corrected chi connectivity index (χ1v) is 8.27. The lowest BCUT2D eigenvalue weighted by molar-refractivity contribution is -0.115. The number of carbonyl (C=O) groups excluding carboxylic acids is 1. The van der Waals surface area contributed by atoms with Gasteiger partial charge in [0.05, 0.1) is 0 Å². The van der Waals surface area contributed by atoms with E-state index in [4.69, 9.17) is 0 Å². The molecule has 1 aliphatic carbocycles. The molecule has 1 atom stereocenters. The van der Waals surface area contributed by atoms with Gasteiger partial charge in [0, 0.05) is 23.8 Å². The molecule has 0 saturated heterocycles. The molecule has 3 nitrogen and oxygen atoms in total. The van der Waals surface area contributed by atoms with Crippen LogP contribution in [0.5, 0.6) is 0 Å². The number of hydrogen-bond acceptors (Lipinski definition) is 2. The molecule has 0 bridgehead atoms. The Morgan fingerprint density at radius 1 is 1.24 bits per heavy atom. The average Bonchev–Trinajstić information content (AvgIpc) is 2.52. The van der Waals surface area contributed by atoms with Crippen LogP contribution < -0.4 is 10.6 Å².